The first-order valence-corrected chi connectivity index (χ1v) is 9.79. The molecule has 0 amide bonds. The second kappa shape index (κ2) is 7.49. The van der Waals surface area contributed by atoms with Crippen molar-refractivity contribution in [3.05, 3.63) is 105 Å². The third-order valence-electron chi connectivity index (χ3n) is 5.36. The van der Waals surface area contributed by atoms with E-state index in [1.165, 1.54) is 6.07 Å². The molecule has 8 nitrogen and oxygen atoms in total. The highest BCUT2D eigenvalue weighted by molar-refractivity contribution is 6.03. The van der Waals surface area contributed by atoms with Crippen LogP contribution >= 0.6 is 0 Å². The highest BCUT2D eigenvalue weighted by atomic mass is 16.6. The molecule has 5 rings (SSSR count). The number of benzene rings is 2. The van der Waals surface area contributed by atoms with Crippen molar-refractivity contribution in [2.45, 2.75) is 12.8 Å². The number of hydrogen-bond acceptors (Lipinski definition) is 5. The second-order valence-corrected chi connectivity index (χ2v) is 7.16. The summed E-state index contributed by atoms with van der Waals surface area (Å²) in [6.07, 6.45) is 2.47. The minimum absolute atomic E-state index is 0.0719. The number of H-pyrrole nitrogens is 1. The topological polar surface area (TPSA) is 107 Å². The number of aryl methyl sites for hydroxylation is 2. The van der Waals surface area contributed by atoms with E-state index >= 15 is 0 Å². The number of pyridine rings is 2. The third kappa shape index (κ3) is 3.14. The van der Waals surface area contributed by atoms with Crippen molar-refractivity contribution in [3.63, 3.8) is 0 Å². The molecule has 2 aromatic carbocycles. The van der Waals surface area contributed by atoms with Crippen molar-refractivity contribution < 1.29 is 4.92 Å². The average molecular weight is 411 g/mol. The van der Waals surface area contributed by atoms with Crippen LogP contribution < -0.4 is 5.56 Å². The number of fused-ring (bicyclic) bond motifs is 3. The third-order valence-corrected chi connectivity index (χ3v) is 5.36. The molecule has 3 aromatic heterocycles. The SMILES string of the molecule is O=c1c2c(CCc3ccccc3[N+](=O)[O-])[nH]nc2c2cccnc2n1-c1ccccc1. The number of nitrogens with zero attached hydrogens (tertiary/aromatic N) is 4. The Bertz CT molecular complexity index is 1490. The van der Waals surface area contributed by atoms with Gasteiger partial charge >= 0.3 is 0 Å². The van der Waals surface area contributed by atoms with Crippen molar-refractivity contribution in [1.29, 1.82) is 0 Å². The molecule has 0 saturated carbocycles. The zero-order chi connectivity index (χ0) is 21.4. The van der Waals surface area contributed by atoms with Crippen LogP contribution in [0.15, 0.2) is 77.7 Å². The fourth-order valence-corrected chi connectivity index (χ4v) is 3.93. The maximum absolute atomic E-state index is 13.6. The summed E-state index contributed by atoms with van der Waals surface area (Å²) >= 11 is 0. The van der Waals surface area contributed by atoms with Crippen LogP contribution in [-0.4, -0.2) is 24.7 Å². The summed E-state index contributed by atoms with van der Waals surface area (Å²) in [5.41, 5.74) is 2.90. The first-order valence-electron chi connectivity index (χ1n) is 9.79. The van der Waals surface area contributed by atoms with Crippen LogP contribution in [0.3, 0.4) is 0 Å². The van der Waals surface area contributed by atoms with Crippen molar-refractivity contribution in [3.8, 4) is 5.69 Å². The summed E-state index contributed by atoms with van der Waals surface area (Å²) in [6, 6.07) is 19.7. The summed E-state index contributed by atoms with van der Waals surface area (Å²) in [6.45, 7) is 0. The van der Waals surface area contributed by atoms with Crippen LogP contribution in [-0.2, 0) is 12.8 Å². The molecule has 0 bridgehead atoms. The molecule has 0 aliphatic carbocycles. The number of nitro groups is 1. The summed E-state index contributed by atoms with van der Waals surface area (Å²) in [5.74, 6) is 0. The highest BCUT2D eigenvalue weighted by Gasteiger charge is 2.19. The van der Waals surface area contributed by atoms with Gasteiger partial charge in [-0.3, -0.25) is 24.6 Å². The summed E-state index contributed by atoms with van der Waals surface area (Å²) in [7, 11) is 0. The van der Waals surface area contributed by atoms with Crippen LogP contribution in [0.4, 0.5) is 5.69 Å². The predicted octanol–water partition coefficient (Wildman–Crippen LogP) is 3.96. The molecule has 0 aliphatic heterocycles. The Balaban J connectivity index is 1.68. The van der Waals surface area contributed by atoms with Gasteiger partial charge in [-0.1, -0.05) is 36.4 Å². The predicted molar refractivity (Wildman–Crippen MR) is 117 cm³/mol. The van der Waals surface area contributed by atoms with Crippen LogP contribution in [0.5, 0.6) is 0 Å². The molecule has 0 atom stereocenters. The number of para-hydroxylation sites is 2. The lowest BCUT2D eigenvalue weighted by Crippen LogP contribution is -2.20. The van der Waals surface area contributed by atoms with Gasteiger partial charge in [0.05, 0.1) is 16.0 Å². The number of nitro benzene ring substituents is 1. The van der Waals surface area contributed by atoms with E-state index in [2.05, 4.69) is 15.2 Å². The van der Waals surface area contributed by atoms with Crippen molar-refractivity contribution in [2.24, 2.45) is 0 Å². The number of rotatable bonds is 5. The zero-order valence-corrected chi connectivity index (χ0v) is 16.4. The summed E-state index contributed by atoms with van der Waals surface area (Å²) < 4.78 is 1.58. The van der Waals surface area contributed by atoms with Crippen LogP contribution in [0.1, 0.15) is 11.3 Å². The lowest BCUT2D eigenvalue weighted by molar-refractivity contribution is -0.385. The lowest BCUT2D eigenvalue weighted by Gasteiger charge is -2.10. The molecule has 152 valence electrons. The average Bonchev–Trinajstić information content (AvgIpc) is 3.23. The Hall–Kier alpha value is -4.33. The van der Waals surface area contributed by atoms with E-state index in [0.29, 0.717) is 46.3 Å². The van der Waals surface area contributed by atoms with Crippen molar-refractivity contribution >= 4 is 27.6 Å². The van der Waals surface area contributed by atoms with Gasteiger partial charge in [-0.15, -0.1) is 0 Å². The maximum atomic E-state index is 13.6. The van der Waals surface area contributed by atoms with E-state index in [4.69, 9.17) is 0 Å². The van der Waals surface area contributed by atoms with Crippen LogP contribution in [0, 0.1) is 10.1 Å². The van der Waals surface area contributed by atoms with E-state index in [1.807, 2.05) is 42.5 Å². The van der Waals surface area contributed by atoms with E-state index < -0.39 is 0 Å². The van der Waals surface area contributed by atoms with Gasteiger partial charge in [0.15, 0.2) is 0 Å². The normalized spacial score (nSPS) is 11.2. The largest absolute Gasteiger partial charge is 0.281 e. The molecule has 0 spiro atoms. The minimum Gasteiger partial charge on any atom is -0.281 e. The Morgan fingerprint density at radius 2 is 1.74 bits per heavy atom. The van der Waals surface area contributed by atoms with Gasteiger partial charge in [0.1, 0.15) is 11.2 Å². The first-order chi connectivity index (χ1) is 15.1. The molecule has 1 N–H and O–H groups in total. The molecular weight excluding hydrogens is 394 g/mol. The standard InChI is InChI=1S/C23H17N5O3/c29-23-20-18(13-12-15-7-4-5-11-19(15)28(30)31)25-26-21(20)17-10-6-14-24-22(17)27(23)16-8-2-1-3-9-16/h1-11,14H,12-13H2,(H,25,26). The van der Waals surface area contributed by atoms with E-state index in [9.17, 15) is 14.9 Å². The molecule has 0 radical (unpaired) electrons. The molecular formula is C23H17N5O3. The van der Waals surface area contributed by atoms with Gasteiger partial charge in [-0.25, -0.2) is 4.98 Å². The number of aromatic amines is 1. The highest BCUT2D eigenvalue weighted by Crippen LogP contribution is 2.25. The molecule has 0 fully saturated rings. The fraction of sp³-hybridized carbons (Fsp3) is 0.0870. The monoisotopic (exact) mass is 411 g/mol. The Kier molecular flexibility index (Phi) is 4.51. The molecule has 5 aromatic rings. The van der Waals surface area contributed by atoms with Gasteiger partial charge in [0.2, 0.25) is 0 Å². The zero-order valence-electron chi connectivity index (χ0n) is 16.4. The van der Waals surface area contributed by atoms with E-state index in [0.717, 1.165) is 5.39 Å². The number of aromatic nitrogens is 4. The first kappa shape index (κ1) is 18.7. The van der Waals surface area contributed by atoms with Crippen LogP contribution in [0.2, 0.25) is 0 Å². The fourth-order valence-electron chi connectivity index (χ4n) is 3.93. The van der Waals surface area contributed by atoms with Crippen LogP contribution in [0.25, 0.3) is 27.6 Å². The second-order valence-electron chi connectivity index (χ2n) is 7.16. The smallest absolute Gasteiger partial charge is 0.272 e. The van der Waals surface area contributed by atoms with Crippen molar-refractivity contribution in [2.75, 3.05) is 0 Å². The number of hydrogen-bond donors (Lipinski definition) is 1. The van der Waals surface area contributed by atoms with Gasteiger partial charge < -0.3 is 0 Å². The minimum atomic E-state index is -0.387. The lowest BCUT2D eigenvalue weighted by atomic mass is 10.0. The number of nitrogens with one attached hydrogen (secondary N) is 1. The Morgan fingerprint density at radius 1 is 0.968 bits per heavy atom. The van der Waals surface area contributed by atoms with Gasteiger partial charge in [0.25, 0.3) is 11.2 Å². The molecule has 31 heavy (non-hydrogen) atoms. The summed E-state index contributed by atoms with van der Waals surface area (Å²) in [4.78, 5) is 28.9. The molecule has 0 unspecified atom stereocenters. The van der Waals surface area contributed by atoms with E-state index in [1.54, 1.807) is 29.0 Å². The van der Waals surface area contributed by atoms with Gasteiger partial charge in [0, 0.05) is 28.9 Å². The Morgan fingerprint density at radius 3 is 2.55 bits per heavy atom. The Labute approximate surface area is 175 Å². The molecule has 8 heteroatoms. The van der Waals surface area contributed by atoms with Gasteiger partial charge in [-0.05, 0) is 37.1 Å². The molecule has 0 aliphatic rings. The maximum Gasteiger partial charge on any atom is 0.272 e. The quantitative estimate of drug-likeness (QED) is 0.348. The van der Waals surface area contributed by atoms with Crippen molar-refractivity contribution in [1.82, 2.24) is 19.7 Å². The molecule has 3 heterocycles. The summed E-state index contributed by atoms with van der Waals surface area (Å²) in [5, 5.41) is 19.9. The van der Waals surface area contributed by atoms with Gasteiger partial charge in [-0.2, -0.15) is 5.10 Å². The molecule has 0 saturated heterocycles. The van der Waals surface area contributed by atoms with E-state index in [-0.39, 0.29) is 16.2 Å².